The van der Waals surface area contributed by atoms with Gasteiger partial charge in [0.1, 0.15) is 0 Å². The number of thioether (sulfide) groups is 1. The van der Waals surface area contributed by atoms with Crippen molar-refractivity contribution >= 4 is 44.4 Å². The van der Waals surface area contributed by atoms with Crippen LogP contribution in [0.4, 0.5) is 5.13 Å². The van der Waals surface area contributed by atoms with Crippen LogP contribution >= 0.6 is 23.1 Å². The number of nitrogens with zero attached hydrogens (tertiary/aromatic N) is 3. The number of fused-ring (bicyclic) bond motifs is 1. The summed E-state index contributed by atoms with van der Waals surface area (Å²) in [4.78, 5) is 23.0. The van der Waals surface area contributed by atoms with Crippen molar-refractivity contribution in [3.63, 3.8) is 0 Å². The average Bonchev–Trinajstić information content (AvgIpc) is 3.08. The summed E-state index contributed by atoms with van der Waals surface area (Å²) in [6.45, 7) is 5.81. The molecule has 0 unspecified atom stereocenters. The topological polar surface area (TPSA) is 36.4 Å². The molecule has 3 aromatic rings. The van der Waals surface area contributed by atoms with Gasteiger partial charge in [-0.05, 0) is 70.2 Å². The third-order valence-corrected chi connectivity index (χ3v) is 6.47. The Morgan fingerprint density at radius 3 is 2.57 bits per heavy atom. The van der Waals surface area contributed by atoms with Gasteiger partial charge in [0.2, 0.25) is 5.91 Å². The van der Waals surface area contributed by atoms with E-state index in [2.05, 4.69) is 45.0 Å². The molecule has 0 saturated heterocycles. The molecule has 1 aromatic heterocycles. The summed E-state index contributed by atoms with van der Waals surface area (Å²) in [5, 5.41) is 0.807. The third kappa shape index (κ3) is 5.34. The number of hydrogen-bond donors (Lipinski definition) is 0. The molecule has 0 bridgehead atoms. The molecular formula is C22H27N3OS2. The monoisotopic (exact) mass is 413 g/mol. The Morgan fingerprint density at radius 1 is 1.11 bits per heavy atom. The second kappa shape index (κ2) is 9.54. The lowest BCUT2D eigenvalue weighted by Crippen LogP contribution is -2.34. The van der Waals surface area contributed by atoms with E-state index in [1.54, 1.807) is 23.1 Å². The van der Waals surface area contributed by atoms with E-state index in [0.717, 1.165) is 38.8 Å². The van der Waals surface area contributed by atoms with Crippen molar-refractivity contribution in [3.8, 4) is 0 Å². The summed E-state index contributed by atoms with van der Waals surface area (Å²) in [5.74, 6) is 0.529. The highest BCUT2D eigenvalue weighted by Gasteiger charge is 2.20. The fourth-order valence-corrected chi connectivity index (χ4v) is 5.07. The predicted molar refractivity (Wildman–Crippen MR) is 122 cm³/mol. The zero-order chi connectivity index (χ0) is 20.1. The first-order valence-electron chi connectivity index (χ1n) is 9.45. The molecule has 4 nitrogen and oxygen atoms in total. The number of amides is 1. The van der Waals surface area contributed by atoms with Crippen molar-refractivity contribution in [1.29, 1.82) is 0 Å². The van der Waals surface area contributed by atoms with Gasteiger partial charge < -0.3 is 4.90 Å². The van der Waals surface area contributed by atoms with Crippen LogP contribution in [0.1, 0.15) is 17.5 Å². The fourth-order valence-electron chi connectivity index (χ4n) is 3.09. The number of carbonyl (C=O) groups is 1. The van der Waals surface area contributed by atoms with Gasteiger partial charge in [-0.1, -0.05) is 35.6 Å². The van der Waals surface area contributed by atoms with Crippen LogP contribution in [0.25, 0.3) is 10.2 Å². The molecule has 0 radical (unpaired) electrons. The second-order valence-corrected chi connectivity index (χ2v) is 9.29. The molecule has 0 aliphatic heterocycles. The Morgan fingerprint density at radius 2 is 1.86 bits per heavy atom. The molecule has 148 valence electrons. The van der Waals surface area contributed by atoms with Gasteiger partial charge in [-0.2, -0.15) is 0 Å². The smallest absolute Gasteiger partial charge is 0.239 e. The van der Waals surface area contributed by atoms with E-state index < -0.39 is 0 Å². The van der Waals surface area contributed by atoms with Gasteiger partial charge >= 0.3 is 0 Å². The summed E-state index contributed by atoms with van der Waals surface area (Å²) in [7, 11) is 4.11. The first-order valence-corrected chi connectivity index (χ1v) is 11.2. The quantitative estimate of drug-likeness (QED) is 0.488. The van der Waals surface area contributed by atoms with Gasteiger partial charge in [-0.15, -0.1) is 11.8 Å². The van der Waals surface area contributed by atoms with Crippen LogP contribution in [-0.2, 0) is 4.79 Å². The molecule has 2 aromatic carbocycles. The predicted octanol–water partition coefficient (Wildman–Crippen LogP) is 4.99. The summed E-state index contributed by atoms with van der Waals surface area (Å²) >= 11 is 3.19. The van der Waals surface area contributed by atoms with Crippen LogP contribution < -0.4 is 4.90 Å². The third-order valence-electron chi connectivity index (χ3n) is 4.44. The van der Waals surface area contributed by atoms with Crippen molar-refractivity contribution in [2.45, 2.75) is 25.2 Å². The maximum atomic E-state index is 13.1. The Labute approximate surface area is 175 Å². The standard InChI is InChI=1S/C22H27N3OS2/c1-16-13-17(2)21-19(14-16)28-22(23-21)25(12-8-11-24(3)4)20(26)15-27-18-9-6-5-7-10-18/h5-7,9-10,13-14H,8,11-12,15H2,1-4H3. The Hall–Kier alpha value is -1.89. The number of aryl methyl sites for hydroxylation is 2. The van der Waals surface area contributed by atoms with Crippen LogP contribution in [-0.4, -0.2) is 48.7 Å². The summed E-state index contributed by atoms with van der Waals surface area (Å²) < 4.78 is 1.15. The van der Waals surface area contributed by atoms with E-state index in [1.807, 2.05) is 35.2 Å². The van der Waals surface area contributed by atoms with Gasteiger partial charge in [-0.25, -0.2) is 4.98 Å². The highest BCUT2D eigenvalue weighted by molar-refractivity contribution is 8.00. The lowest BCUT2D eigenvalue weighted by atomic mass is 10.1. The fraction of sp³-hybridized carbons (Fsp3) is 0.364. The Balaban J connectivity index is 1.81. The van der Waals surface area contributed by atoms with E-state index in [1.165, 1.54) is 5.56 Å². The molecule has 1 heterocycles. The van der Waals surface area contributed by atoms with Crippen molar-refractivity contribution in [2.24, 2.45) is 0 Å². The normalized spacial score (nSPS) is 11.3. The minimum atomic E-state index is 0.112. The van der Waals surface area contributed by atoms with Gasteiger partial charge in [0.05, 0.1) is 16.0 Å². The molecule has 0 N–H and O–H groups in total. The molecule has 0 fully saturated rings. The molecule has 28 heavy (non-hydrogen) atoms. The largest absolute Gasteiger partial charge is 0.309 e. The van der Waals surface area contributed by atoms with Gasteiger partial charge in [0, 0.05) is 11.4 Å². The number of anilines is 1. The summed E-state index contributed by atoms with van der Waals surface area (Å²) in [5.41, 5.74) is 3.40. The molecule has 0 aliphatic rings. The molecule has 6 heteroatoms. The van der Waals surface area contributed by atoms with E-state index >= 15 is 0 Å². The lowest BCUT2D eigenvalue weighted by Gasteiger charge is -2.21. The van der Waals surface area contributed by atoms with Crippen LogP contribution in [0.5, 0.6) is 0 Å². The van der Waals surface area contributed by atoms with E-state index in [9.17, 15) is 4.79 Å². The number of carbonyl (C=O) groups excluding carboxylic acids is 1. The number of hydrogen-bond acceptors (Lipinski definition) is 5. The van der Waals surface area contributed by atoms with E-state index in [0.29, 0.717) is 12.3 Å². The summed E-state index contributed by atoms with van der Waals surface area (Å²) in [6.07, 6.45) is 0.919. The van der Waals surface area contributed by atoms with Crippen LogP contribution in [0.3, 0.4) is 0 Å². The molecule has 0 spiro atoms. The molecule has 1 amide bonds. The zero-order valence-corrected chi connectivity index (χ0v) is 18.6. The highest BCUT2D eigenvalue weighted by atomic mass is 32.2. The van der Waals surface area contributed by atoms with Crippen molar-refractivity contribution < 1.29 is 4.79 Å². The molecule has 0 saturated carbocycles. The average molecular weight is 414 g/mol. The van der Waals surface area contributed by atoms with Crippen LogP contribution in [0.15, 0.2) is 47.4 Å². The van der Waals surface area contributed by atoms with E-state index in [-0.39, 0.29) is 5.91 Å². The van der Waals surface area contributed by atoms with Gasteiger partial charge in [0.15, 0.2) is 5.13 Å². The minimum Gasteiger partial charge on any atom is -0.309 e. The minimum absolute atomic E-state index is 0.112. The molecule has 0 atom stereocenters. The maximum absolute atomic E-state index is 13.1. The van der Waals surface area contributed by atoms with Crippen LogP contribution in [0.2, 0.25) is 0 Å². The van der Waals surface area contributed by atoms with Crippen molar-refractivity contribution in [3.05, 3.63) is 53.6 Å². The SMILES string of the molecule is Cc1cc(C)c2nc(N(CCCN(C)C)C(=O)CSc3ccccc3)sc2c1. The summed E-state index contributed by atoms with van der Waals surface area (Å²) in [6, 6.07) is 14.4. The number of aromatic nitrogens is 1. The van der Waals surface area contributed by atoms with Crippen LogP contribution in [0, 0.1) is 13.8 Å². The first-order chi connectivity index (χ1) is 13.4. The lowest BCUT2D eigenvalue weighted by molar-refractivity contribution is -0.116. The van der Waals surface area contributed by atoms with Gasteiger partial charge in [0.25, 0.3) is 0 Å². The number of thiazole rings is 1. The maximum Gasteiger partial charge on any atom is 0.239 e. The molecule has 3 rings (SSSR count). The first kappa shape index (κ1) is 20.8. The highest BCUT2D eigenvalue weighted by Crippen LogP contribution is 2.32. The Bertz CT molecular complexity index is 938. The zero-order valence-electron chi connectivity index (χ0n) is 16.9. The molecule has 0 aliphatic carbocycles. The van der Waals surface area contributed by atoms with Crippen molar-refractivity contribution in [2.75, 3.05) is 37.8 Å². The number of rotatable bonds is 8. The Kier molecular flexibility index (Phi) is 7.10. The van der Waals surface area contributed by atoms with E-state index in [4.69, 9.17) is 4.98 Å². The molecular weight excluding hydrogens is 386 g/mol. The number of benzene rings is 2. The van der Waals surface area contributed by atoms with Crippen molar-refractivity contribution in [1.82, 2.24) is 9.88 Å². The second-order valence-electron chi connectivity index (χ2n) is 7.23. The van der Waals surface area contributed by atoms with Gasteiger partial charge in [-0.3, -0.25) is 9.69 Å².